The Morgan fingerprint density at radius 3 is 2.59 bits per heavy atom. The third-order valence-corrected chi connectivity index (χ3v) is 6.16. The molecule has 0 radical (unpaired) electrons. The van der Waals surface area contributed by atoms with Crippen LogP contribution in [0.3, 0.4) is 0 Å². The SMILES string of the molecule is C#Cc1ccc2c(c1)[nH]c1c2c(=O)c2cc(OC)c(-c3cccc(OS(=O)(=O)F)c3)cc2n1C. The van der Waals surface area contributed by atoms with Crippen LogP contribution < -0.4 is 14.3 Å². The van der Waals surface area contributed by atoms with Gasteiger partial charge in [-0.1, -0.05) is 28.0 Å². The Morgan fingerprint density at radius 1 is 1.09 bits per heavy atom. The minimum absolute atomic E-state index is 0.173. The number of hydrogen-bond acceptors (Lipinski definition) is 5. The zero-order valence-corrected chi connectivity index (χ0v) is 18.9. The molecule has 0 amide bonds. The Bertz CT molecular complexity index is 1850. The fourth-order valence-electron chi connectivity index (χ4n) is 4.26. The van der Waals surface area contributed by atoms with E-state index in [9.17, 15) is 17.1 Å². The second kappa shape index (κ2) is 7.64. The lowest BCUT2D eigenvalue weighted by Crippen LogP contribution is -2.09. The number of aromatic nitrogens is 2. The molecule has 0 aliphatic carbocycles. The number of ether oxygens (including phenoxy) is 1. The number of aryl methyl sites for hydroxylation is 1. The minimum atomic E-state index is -5.17. The first-order chi connectivity index (χ1) is 16.2. The molecule has 2 heterocycles. The average Bonchev–Trinajstić information content (AvgIpc) is 3.20. The number of pyridine rings is 1. The highest BCUT2D eigenvalue weighted by Gasteiger charge is 2.18. The molecular formula is C25H17FN2O5S. The molecule has 0 spiro atoms. The summed E-state index contributed by atoms with van der Waals surface area (Å²) in [5, 5.41) is 1.74. The summed E-state index contributed by atoms with van der Waals surface area (Å²) in [7, 11) is -1.88. The van der Waals surface area contributed by atoms with E-state index in [1.54, 1.807) is 24.3 Å². The number of nitrogens with one attached hydrogen (secondary N) is 1. The maximum atomic E-state index is 13.5. The monoisotopic (exact) mass is 476 g/mol. The molecule has 0 saturated heterocycles. The number of aromatic amines is 1. The molecule has 5 aromatic rings. The van der Waals surface area contributed by atoms with E-state index in [1.807, 2.05) is 23.7 Å². The first kappa shape index (κ1) is 21.6. The first-order valence-electron chi connectivity index (χ1n) is 10.1. The molecule has 0 bridgehead atoms. The molecular weight excluding hydrogens is 459 g/mol. The largest absolute Gasteiger partial charge is 0.496 e. The molecule has 0 saturated carbocycles. The van der Waals surface area contributed by atoms with Crippen LogP contribution in [-0.2, 0) is 17.6 Å². The van der Waals surface area contributed by atoms with Crippen LogP contribution >= 0.6 is 0 Å². The Hall–Kier alpha value is -4.29. The zero-order chi connectivity index (χ0) is 24.2. The Kier molecular flexibility index (Phi) is 4.84. The predicted molar refractivity (Wildman–Crippen MR) is 129 cm³/mol. The summed E-state index contributed by atoms with van der Waals surface area (Å²) in [6.45, 7) is 0. The number of terminal acetylenes is 1. The van der Waals surface area contributed by atoms with E-state index in [1.165, 1.54) is 25.3 Å². The van der Waals surface area contributed by atoms with Gasteiger partial charge in [-0.15, -0.1) is 6.42 Å². The molecule has 0 aliphatic rings. The molecule has 0 atom stereocenters. The second-order valence-electron chi connectivity index (χ2n) is 7.72. The number of hydrogen-bond donors (Lipinski definition) is 1. The normalized spacial score (nSPS) is 11.7. The molecule has 1 N–H and O–H groups in total. The maximum absolute atomic E-state index is 13.5. The van der Waals surface area contributed by atoms with E-state index in [4.69, 9.17) is 11.2 Å². The molecule has 9 heteroatoms. The summed E-state index contributed by atoms with van der Waals surface area (Å²) >= 11 is 0. The summed E-state index contributed by atoms with van der Waals surface area (Å²) in [5.74, 6) is 2.79. The summed E-state index contributed by atoms with van der Waals surface area (Å²) < 4.78 is 46.6. The maximum Gasteiger partial charge on any atom is 0.488 e. The lowest BCUT2D eigenvalue weighted by molar-refractivity contribution is 0.417. The van der Waals surface area contributed by atoms with Gasteiger partial charge in [0.25, 0.3) is 0 Å². The number of H-pyrrole nitrogens is 1. The molecule has 0 aliphatic heterocycles. The Balaban J connectivity index is 1.81. The van der Waals surface area contributed by atoms with Gasteiger partial charge in [-0.3, -0.25) is 4.79 Å². The lowest BCUT2D eigenvalue weighted by Gasteiger charge is -2.14. The van der Waals surface area contributed by atoms with Gasteiger partial charge in [-0.05, 0) is 42.0 Å². The molecule has 3 aromatic carbocycles. The summed E-state index contributed by atoms with van der Waals surface area (Å²) in [6.07, 6.45) is 5.52. The van der Waals surface area contributed by atoms with Crippen LogP contribution in [0.5, 0.6) is 11.5 Å². The van der Waals surface area contributed by atoms with Crippen molar-refractivity contribution < 1.29 is 21.2 Å². The van der Waals surface area contributed by atoms with Crippen molar-refractivity contribution in [2.45, 2.75) is 0 Å². The number of fused-ring (bicyclic) bond motifs is 4. The smallest absolute Gasteiger partial charge is 0.488 e. The van der Waals surface area contributed by atoms with Gasteiger partial charge in [0.2, 0.25) is 0 Å². The minimum Gasteiger partial charge on any atom is -0.496 e. The van der Waals surface area contributed by atoms with Gasteiger partial charge >= 0.3 is 10.5 Å². The Morgan fingerprint density at radius 2 is 1.88 bits per heavy atom. The van der Waals surface area contributed by atoms with Crippen molar-refractivity contribution >= 4 is 43.3 Å². The fourth-order valence-corrected chi connectivity index (χ4v) is 4.60. The Labute approximate surface area is 193 Å². The van der Waals surface area contributed by atoms with Crippen LogP contribution in [0.4, 0.5) is 3.89 Å². The molecule has 7 nitrogen and oxygen atoms in total. The molecule has 5 rings (SSSR count). The van der Waals surface area contributed by atoms with E-state index >= 15 is 0 Å². The topological polar surface area (TPSA) is 90.4 Å². The van der Waals surface area contributed by atoms with Crippen molar-refractivity contribution in [1.82, 2.24) is 9.55 Å². The van der Waals surface area contributed by atoms with Crippen LogP contribution in [0.2, 0.25) is 0 Å². The molecule has 0 fully saturated rings. The number of nitrogens with zero attached hydrogens (tertiary/aromatic N) is 1. The van der Waals surface area contributed by atoms with Gasteiger partial charge < -0.3 is 18.5 Å². The number of halogens is 1. The van der Waals surface area contributed by atoms with E-state index < -0.39 is 10.5 Å². The van der Waals surface area contributed by atoms with Crippen LogP contribution in [0.1, 0.15) is 5.56 Å². The molecule has 0 unspecified atom stereocenters. The van der Waals surface area contributed by atoms with Gasteiger partial charge in [0.15, 0.2) is 5.43 Å². The molecule has 170 valence electrons. The van der Waals surface area contributed by atoms with Crippen molar-refractivity contribution in [3.63, 3.8) is 0 Å². The summed E-state index contributed by atoms with van der Waals surface area (Å²) in [4.78, 5) is 16.8. The zero-order valence-electron chi connectivity index (χ0n) is 18.0. The van der Waals surface area contributed by atoms with Crippen molar-refractivity contribution in [3.8, 4) is 35.0 Å². The van der Waals surface area contributed by atoms with E-state index in [-0.39, 0.29) is 11.2 Å². The third-order valence-electron chi connectivity index (χ3n) is 5.77. The lowest BCUT2D eigenvalue weighted by atomic mass is 10.0. The third kappa shape index (κ3) is 3.45. The number of methoxy groups -OCH3 is 1. The summed E-state index contributed by atoms with van der Waals surface area (Å²) in [6, 6.07) is 14.8. The molecule has 2 aromatic heterocycles. The van der Waals surface area contributed by atoms with E-state index in [2.05, 4.69) is 15.1 Å². The summed E-state index contributed by atoms with van der Waals surface area (Å²) in [5.41, 5.74) is 3.59. The van der Waals surface area contributed by atoms with Crippen molar-refractivity contribution in [3.05, 3.63) is 70.4 Å². The van der Waals surface area contributed by atoms with Gasteiger partial charge in [0, 0.05) is 29.1 Å². The van der Waals surface area contributed by atoms with Crippen molar-refractivity contribution in [2.24, 2.45) is 7.05 Å². The molecule has 34 heavy (non-hydrogen) atoms. The van der Waals surface area contributed by atoms with Gasteiger partial charge in [-0.2, -0.15) is 8.42 Å². The van der Waals surface area contributed by atoms with Crippen LogP contribution in [0.15, 0.2) is 59.4 Å². The first-order valence-corrected chi connectivity index (χ1v) is 11.4. The predicted octanol–water partition coefficient (Wildman–Crippen LogP) is 4.42. The fraction of sp³-hybridized carbons (Fsp3) is 0.0800. The number of rotatable bonds is 4. The standard InChI is InChI=1S/C25H17FN2O5S/c1-4-14-8-9-17-20(10-14)27-25-23(17)24(29)19-13-22(32-3)18(12-21(19)28(25)2)15-6-5-7-16(11-15)33-34(26,30)31/h1,5-13,27H,2-3H3. The highest BCUT2D eigenvalue weighted by atomic mass is 32.3. The van der Waals surface area contributed by atoms with E-state index in [0.29, 0.717) is 44.4 Å². The number of benzene rings is 3. The average molecular weight is 476 g/mol. The van der Waals surface area contributed by atoms with Gasteiger partial charge in [-0.25, -0.2) is 0 Å². The highest BCUT2D eigenvalue weighted by molar-refractivity contribution is 7.81. The second-order valence-corrected chi connectivity index (χ2v) is 8.67. The van der Waals surface area contributed by atoms with Crippen molar-refractivity contribution in [1.29, 1.82) is 0 Å². The van der Waals surface area contributed by atoms with Crippen LogP contribution in [0, 0.1) is 12.3 Å². The van der Waals surface area contributed by atoms with E-state index in [0.717, 1.165) is 10.9 Å². The van der Waals surface area contributed by atoms with Crippen molar-refractivity contribution in [2.75, 3.05) is 7.11 Å². The quantitative estimate of drug-likeness (QED) is 0.306. The van der Waals surface area contributed by atoms with Crippen LogP contribution in [-0.4, -0.2) is 25.1 Å². The highest BCUT2D eigenvalue weighted by Crippen LogP contribution is 2.36. The van der Waals surface area contributed by atoms with Gasteiger partial charge in [0.1, 0.15) is 17.1 Å². The van der Waals surface area contributed by atoms with Crippen LogP contribution in [0.25, 0.3) is 44.0 Å². The van der Waals surface area contributed by atoms with Gasteiger partial charge in [0.05, 0.1) is 23.4 Å².